The molecule has 51 heavy (non-hydrogen) atoms. The molecule has 306 valence electrons. The van der Waals surface area contributed by atoms with Gasteiger partial charge in [0.25, 0.3) is 0 Å². The Morgan fingerprint density at radius 3 is 1.33 bits per heavy atom. The normalized spacial score (nSPS) is 11.7. The SMILES string of the molecule is CCCCCCC.CCCCCCCCCOC(=O)CCCCCCCN(CCO)CCCCCCCC(=O)OC(CC)CCCCCCCC. The van der Waals surface area contributed by atoms with E-state index in [1.165, 1.54) is 122 Å². The van der Waals surface area contributed by atoms with Gasteiger partial charge in [0.05, 0.1) is 13.2 Å². The molecule has 0 heterocycles. The highest BCUT2D eigenvalue weighted by Crippen LogP contribution is 2.15. The topological polar surface area (TPSA) is 76.1 Å². The van der Waals surface area contributed by atoms with E-state index < -0.39 is 0 Å². The first kappa shape index (κ1) is 52.0. The zero-order chi connectivity index (χ0) is 37.9. The van der Waals surface area contributed by atoms with E-state index in [1.54, 1.807) is 0 Å². The number of unbranched alkanes of at least 4 members (excludes halogenated alkanes) is 23. The Kier molecular flexibility index (Phi) is 45.9. The zero-order valence-electron chi connectivity index (χ0n) is 35.3. The molecule has 0 fully saturated rings. The highest BCUT2D eigenvalue weighted by atomic mass is 16.5. The minimum Gasteiger partial charge on any atom is -0.466 e. The van der Waals surface area contributed by atoms with Gasteiger partial charge in [-0.1, -0.05) is 176 Å². The first-order valence-electron chi connectivity index (χ1n) is 22.7. The lowest BCUT2D eigenvalue weighted by Gasteiger charge is -2.21. The van der Waals surface area contributed by atoms with E-state index in [-0.39, 0.29) is 24.6 Å². The summed E-state index contributed by atoms with van der Waals surface area (Å²) in [7, 11) is 0. The minimum absolute atomic E-state index is 0.0179. The van der Waals surface area contributed by atoms with Gasteiger partial charge in [0, 0.05) is 19.4 Å². The largest absolute Gasteiger partial charge is 0.466 e. The summed E-state index contributed by atoms with van der Waals surface area (Å²) in [5.74, 6) is -0.0512. The maximum absolute atomic E-state index is 12.3. The summed E-state index contributed by atoms with van der Waals surface area (Å²) in [6.45, 7) is 14.7. The smallest absolute Gasteiger partial charge is 0.306 e. The zero-order valence-corrected chi connectivity index (χ0v) is 35.3. The van der Waals surface area contributed by atoms with Gasteiger partial charge in [-0.05, 0) is 64.5 Å². The maximum Gasteiger partial charge on any atom is 0.306 e. The molecule has 1 atom stereocenters. The molecule has 6 nitrogen and oxygen atoms in total. The molecule has 0 aromatic heterocycles. The Morgan fingerprint density at radius 1 is 0.471 bits per heavy atom. The molecule has 0 aliphatic heterocycles. The van der Waals surface area contributed by atoms with Gasteiger partial charge in [-0.3, -0.25) is 9.59 Å². The standard InChI is InChI=1S/C38H75NO5.C7H16/c1-4-7-9-11-13-21-27-35-43-37(41)29-23-17-14-19-25-31-39(33-34-40)32-26-20-15-18-24-30-38(42)44-36(6-3)28-22-16-12-10-8-5-2;1-3-5-7-6-4-2/h36,40H,4-35H2,1-3H3;3-7H2,1-2H3. The summed E-state index contributed by atoms with van der Waals surface area (Å²) in [4.78, 5) is 26.6. The Bertz CT molecular complexity index is 684. The lowest BCUT2D eigenvalue weighted by Crippen LogP contribution is -2.29. The van der Waals surface area contributed by atoms with Crippen LogP contribution in [0.5, 0.6) is 0 Å². The Labute approximate surface area is 319 Å². The van der Waals surface area contributed by atoms with Crippen molar-refractivity contribution in [2.75, 3.05) is 32.8 Å². The summed E-state index contributed by atoms with van der Waals surface area (Å²) >= 11 is 0. The summed E-state index contributed by atoms with van der Waals surface area (Å²) < 4.78 is 11.1. The molecular weight excluding hydrogens is 634 g/mol. The van der Waals surface area contributed by atoms with Crippen LogP contribution in [0.2, 0.25) is 0 Å². The number of nitrogens with zero attached hydrogens (tertiary/aromatic N) is 1. The lowest BCUT2D eigenvalue weighted by molar-refractivity contribution is -0.149. The summed E-state index contributed by atoms with van der Waals surface area (Å²) in [5.41, 5.74) is 0. The molecule has 0 bridgehead atoms. The third-order valence-electron chi connectivity index (χ3n) is 9.98. The van der Waals surface area contributed by atoms with Crippen LogP contribution >= 0.6 is 0 Å². The molecule has 0 amide bonds. The number of hydrogen-bond acceptors (Lipinski definition) is 6. The van der Waals surface area contributed by atoms with Gasteiger partial charge in [0.15, 0.2) is 0 Å². The van der Waals surface area contributed by atoms with Crippen molar-refractivity contribution in [1.29, 1.82) is 0 Å². The van der Waals surface area contributed by atoms with E-state index in [9.17, 15) is 14.7 Å². The van der Waals surface area contributed by atoms with Crippen molar-refractivity contribution in [1.82, 2.24) is 4.90 Å². The van der Waals surface area contributed by atoms with Crippen LogP contribution in [-0.4, -0.2) is 60.9 Å². The number of ether oxygens (including phenoxy) is 2. The summed E-state index contributed by atoms with van der Waals surface area (Å²) in [6, 6.07) is 0. The van der Waals surface area contributed by atoms with Crippen molar-refractivity contribution in [3.63, 3.8) is 0 Å². The predicted octanol–water partition coefficient (Wildman–Crippen LogP) is 13.3. The van der Waals surface area contributed by atoms with Crippen molar-refractivity contribution < 1.29 is 24.2 Å². The molecular formula is C45H91NO5. The molecule has 0 aliphatic carbocycles. The average Bonchev–Trinajstić information content (AvgIpc) is 3.13. The van der Waals surface area contributed by atoms with Crippen molar-refractivity contribution in [3.05, 3.63) is 0 Å². The number of hydrogen-bond donors (Lipinski definition) is 1. The number of rotatable bonds is 39. The number of carbonyl (C=O) groups excluding carboxylic acids is 2. The Morgan fingerprint density at radius 2 is 0.863 bits per heavy atom. The third kappa shape index (κ3) is 43.2. The monoisotopic (exact) mass is 726 g/mol. The first-order valence-corrected chi connectivity index (χ1v) is 22.7. The first-order chi connectivity index (χ1) is 25.0. The van der Waals surface area contributed by atoms with Crippen LogP contribution in [0.15, 0.2) is 0 Å². The summed E-state index contributed by atoms with van der Waals surface area (Å²) in [6.07, 6.45) is 37.4. The highest BCUT2D eigenvalue weighted by molar-refractivity contribution is 5.69. The second-order valence-corrected chi connectivity index (χ2v) is 15.1. The molecule has 0 spiro atoms. The van der Waals surface area contributed by atoms with Crippen molar-refractivity contribution in [3.8, 4) is 0 Å². The van der Waals surface area contributed by atoms with Gasteiger partial charge < -0.3 is 19.5 Å². The second kappa shape index (κ2) is 45.0. The minimum atomic E-state index is -0.0334. The number of aliphatic hydroxyl groups is 1. The van der Waals surface area contributed by atoms with Gasteiger partial charge in [0.2, 0.25) is 0 Å². The summed E-state index contributed by atoms with van der Waals surface area (Å²) in [5, 5.41) is 9.46. The molecule has 0 aromatic rings. The van der Waals surface area contributed by atoms with E-state index in [0.717, 1.165) is 90.3 Å². The molecule has 0 rings (SSSR count). The fourth-order valence-electron chi connectivity index (χ4n) is 6.48. The van der Waals surface area contributed by atoms with Crippen LogP contribution in [0, 0.1) is 0 Å². The van der Waals surface area contributed by atoms with Crippen LogP contribution < -0.4 is 0 Å². The highest BCUT2D eigenvalue weighted by Gasteiger charge is 2.12. The van der Waals surface area contributed by atoms with Crippen molar-refractivity contribution in [2.45, 2.75) is 246 Å². The van der Waals surface area contributed by atoms with E-state index in [4.69, 9.17) is 9.47 Å². The number of esters is 2. The van der Waals surface area contributed by atoms with Gasteiger partial charge >= 0.3 is 11.9 Å². The van der Waals surface area contributed by atoms with Crippen LogP contribution in [0.1, 0.15) is 240 Å². The Balaban J connectivity index is 0. The van der Waals surface area contributed by atoms with Crippen LogP contribution in [0.3, 0.4) is 0 Å². The predicted molar refractivity (Wildman–Crippen MR) is 220 cm³/mol. The fourth-order valence-corrected chi connectivity index (χ4v) is 6.48. The average molecular weight is 726 g/mol. The molecule has 0 aliphatic rings. The lowest BCUT2D eigenvalue weighted by atomic mass is 10.1. The van der Waals surface area contributed by atoms with Gasteiger partial charge in [-0.2, -0.15) is 0 Å². The molecule has 6 heteroatoms. The van der Waals surface area contributed by atoms with E-state index in [1.807, 2.05) is 0 Å². The van der Waals surface area contributed by atoms with E-state index in [0.29, 0.717) is 19.4 Å². The quantitative estimate of drug-likeness (QED) is 0.0502. The van der Waals surface area contributed by atoms with Gasteiger partial charge in [0.1, 0.15) is 6.10 Å². The fraction of sp³-hybridized carbons (Fsp3) is 0.956. The number of carbonyl (C=O) groups is 2. The van der Waals surface area contributed by atoms with Crippen LogP contribution in [0.25, 0.3) is 0 Å². The second-order valence-electron chi connectivity index (χ2n) is 15.1. The van der Waals surface area contributed by atoms with Crippen molar-refractivity contribution >= 4 is 11.9 Å². The molecule has 0 radical (unpaired) electrons. The Hall–Kier alpha value is -1.14. The van der Waals surface area contributed by atoms with Gasteiger partial charge in [-0.15, -0.1) is 0 Å². The third-order valence-corrected chi connectivity index (χ3v) is 9.98. The molecule has 1 N–H and O–H groups in total. The van der Waals surface area contributed by atoms with Crippen LogP contribution in [0.4, 0.5) is 0 Å². The van der Waals surface area contributed by atoms with E-state index >= 15 is 0 Å². The maximum atomic E-state index is 12.3. The molecule has 0 aromatic carbocycles. The van der Waals surface area contributed by atoms with E-state index in [2.05, 4.69) is 39.5 Å². The molecule has 0 saturated carbocycles. The molecule has 0 saturated heterocycles. The van der Waals surface area contributed by atoms with Crippen molar-refractivity contribution in [2.24, 2.45) is 0 Å². The molecule has 1 unspecified atom stereocenters. The number of aliphatic hydroxyl groups excluding tert-OH is 1. The van der Waals surface area contributed by atoms with Crippen LogP contribution in [-0.2, 0) is 19.1 Å². The van der Waals surface area contributed by atoms with Gasteiger partial charge in [-0.25, -0.2) is 0 Å².